The van der Waals surface area contributed by atoms with E-state index in [-0.39, 0.29) is 30.9 Å². The van der Waals surface area contributed by atoms with Crippen molar-refractivity contribution in [2.45, 2.75) is 39.9 Å². The first-order valence-electron chi connectivity index (χ1n) is 12.6. The molecule has 10 nitrogen and oxygen atoms in total. The lowest BCUT2D eigenvalue weighted by atomic mass is 10.1. The Morgan fingerprint density at radius 3 is 2.43 bits per heavy atom. The van der Waals surface area contributed by atoms with Gasteiger partial charge in [-0.25, -0.2) is 9.80 Å². The number of hydrogen-bond acceptors (Lipinski definition) is 7. The zero-order valence-corrected chi connectivity index (χ0v) is 22.2. The van der Waals surface area contributed by atoms with Gasteiger partial charge >= 0.3 is 5.76 Å². The Kier molecular flexibility index (Phi) is 7.99. The summed E-state index contributed by atoms with van der Waals surface area (Å²) in [6.45, 7) is 8.30. The monoisotopic (exact) mass is 508 g/mol. The third kappa shape index (κ3) is 6.03. The highest BCUT2D eigenvalue weighted by Gasteiger charge is 2.27. The van der Waals surface area contributed by atoms with Crippen LogP contribution < -0.4 is 16.4 Å². The zero-order chi connectivity index (χ0) is 26.7. The number of benzene rings is 2. The summed E-state index contributed by atoms with van der Waals surface area (Å²) in [5.74, 6) is -0.768. The van der Waals surface area contributed by atoms with Gasteiger partial charge in [-0.3, -0.25) is 19.2 Å². The molecule has 3 aromatic rings. The Bertz CT molecular complexity index is 1320. The lowest BCUT2D eigenvalue weighted by molar-refractivity contribution is -0.151. The molecule has 1 aliphatic heterocycles. The molecule has 0 radical (unpaired) electrons. The van der Waals surface area contributed by atoms with Crippen LogP contribution in [-0.4, -0.2) is 70.6 Å². The topological polar surface area (TPSA) is 103 Å². The highest BCUT2D eigenvalue weighted by atomic mass is 16.4. The Labute approximate surface area is 216 Å². The Hall–Kier alpha value is -3.63. The van der Waals surface area contributed by atoms with Crippen molar-refractivity contribution >= 4 is 28.6 Å². The number of nitrogens with one attached hydrogen (secondary N) is 2. The fourth-order valence-corrected chi connectivity index (χ4v) is 4.48. The van der Waals surface area contributed by atoms with Gasteiger partial charge in [0.05, 0.1) is 12.1 Å². The summed E-state index contributed by atoms with van der Waals surface area (Å²) in [6.07, 6.45) is 0. The first-order chi connectivity index (χ1) is 17.6. The van der Waals surface area contributed by atoms with Gasteiger partial charge in [-0.15, -0.1) is 0 Å². The average molecular weight is 509 g/mol. The van der Waals surface area contributed by atoms with Crippen molar-refractivity contribution in [2.24, 2.45) is 7.05 Å². The Morgan fingerprint density at radius 2 is 1.78 bits per heavy atom. The molecule has 0 spiro atoms. The SMILES string of the molecule is Cc1cc2c(cc1NCC(=O)N(CCNC(C)C)CC(=O)N(C)N1Cc3ccccc3C1)oc(=O)n2C. The van der Waals surface area contributed by atoms with Crippen molar-refractivity contribution in [3.63, 3.8) is 0 Å². The minimum Gasteiger partial charge on any atom is -0.408 e. The van der Waals surface area contributed by atoms with Gasteiger partial charge < -0.3 is 20.0 Å². The summed E-state index contributed by atoms with van der Waals surface area (Å²) < 4.78 is 6.73. The molecular weight excluding hydrogens is 472 g/mol. The van der Waals surface area contributed by atoms with E-state index in [4.69, 9.17) is 4.42 Å². The maximum absolute atomic E-state index is 13.3. The zero-order valence-electron chi connectivity index (χ0n) is 22.2. The van der Waals surface area contributed by atoms with Gasteiger partial charge in [0, 0.05) is 58.1 Å². The number of fused-ring (bicyclic) bond motifs is 2. The number of hydrogen-bond donors (Lipinski definition) is 2. The summed E-state index contributed by atoms with van der Waals surface area (Å²) in [7, 11) is 3.41. The molecule has 0 atom stereocenters. The molecule has 0 fully saturated rings. The van der Waals surface area contributed by atoms with Gasteiger partial charge in [-0.2, -0.15) is 0 Å². The van der Waals surface area contributed by atoms with Crippen LogP contribution in [0.4, 0.5) is 5.69 Å². The van der Waals surface area contributed by atoms with E-state index in [9.17, 15) is 14.4 Å². The molecule has 2 N–H and O–H groups in total. The molecule has 1 aromatic heterocycles. The van der Waals surface area contributed by atoms with E-state index in [0.717, 1.165) is 5.56 Å². The van der Waals surface area contributed by atoms with E-state index >= 15 is 0 Å². The van der Waals surface area contributed by atoms with E-state index in [1.54, 1.807) is 30.1 Å². The van der Waals surface area contributed by atoms with Crippen LogP contribution in [-0.2, 0) is 29.7 Å². The number of aryl methyl sites for hydroxylation is 2. The van der Waals surface area contributed by atoms with Crippen LogP contribution >= 0.6 is 0 Å². The molecule has 1 aliphatic rings. The number of carbonyl (C=O) groups is 2. The van der Waals surface area contributed by atoms with Crippen LogP contribution in [0.15, 0.2) is 45.6 Å². The summed E-state index contributed by atoms with van der Waals surface area (Å²) >= 11 is 0. The predicted octanol–water partition coefficient (Wildman–Crippen LogP) is 2.07. The molecule has 198 valence electrons. The lowest BCUT2D eigenvalue weighted by Gasteiger charge is -2.31. The van der Waals surface area contributed by atoms with E-state index in [1.807, 2.05) is 44.0 Å². The molecule has 2 amide bonds. The molecule has 10 heteroatoms. The van der Waals surface area contributed by atoms with Crippen LogP contribution in [0.1, 0.15) is 30.5 Å². The minimum atomic E-state index is -0.435. The van der Waals surface area contributed by atoms with Crippen molar-refractivity contribution in [3.8, 4) is 0 Å². The van der Waals surface area contributed by atoms with Crippen LogP contribution in [0.5, 0.6) is 0 Å². The van der Waals surface area contributed by atoms with Crippen LogP contribution in [0.2, 0.25) is 0 Å². The number of nitrogens with zero attached hydrogens (tertiary/aromatic N) is 4. The van der Waals surface area contributed by atoms with Gasteiger partial charge in [0.1, 0.15) is 6.54 Å². The summed E-state index contributed by atoms with van der Waals surface area (Å²) in [4.78, 5) is 39.9. The fourth-order valence-electron chi connectivity index (χ4n) is 4.48. The highest BCUT2D eigenvalue weighted by Crippen LogP contribution is 2.24. The number of oxazole rings is 1. The van der Waals surface area contributed by atoms with Gasteiger partial charge in [0.2, 0.25) is 5.91 Å². The Balaban J connectivity index is 1.41. The van der Waals surface area contributed by atoms with Gasteiger partial charge in [0.15, 0.2) is 5.58 Å². The molecule has 0 saturated heterocycles. The number of rotatable bonds is 10. The number of carbonyl (C=O) groups excluding carboxylic acids is 2. The average Bonchev–Trinajstić information content (AvgIpc) is 3.41. The van der Waals surface area contributed by atoms with Gasteiger partial charge in [-0.1, -0.05) is 38.1 Å². The van der Waals surface area contributed by atoms with Gasteiger partial charge in [0.25, 0.3) is 5.91 Å². The van der Waals surface area contributed by atoms with Crippen LogP contribution in [0.25, 0.3) is 11.1 Å². The molecule has 0 bridgehead atoms. The van der Waals surface area contributed by atoms with Crippen molar-refractivity contribution in [3.05, 3.63) is 63.6 Å². The van der Waals surface area contributed by atoms with Crippen LogP contribution in [0, 0.1) is 6.92 Å². The maximum atomic E-state index is 13.3. The third-order valence-electron chi connectivity index (χ3n) is 6.79. The fraction of sp³-hybridized carbons (Fsp3) is 0.444. The largest absolute Gasteiger partial charge is 0.419 e. The molecule has 37 heavy (non-hydrogen) atoms. The van der Waals surface area contributed by atoms with Gasteiger partial charge in [-0.05, 0) is 29.7 Å². The Morgan fingerprint density at radius 1 is 1.11 bits per heavy atom. The van der Waals surface area contributed by atoms with E-state index in [2.05, 4.69) is 22.8 Å². The summed E-state index contributed by atoms with van der Waals surface area (Å²) in [5.41, 5.74) is 5.15. The minimum absolute atomic E-state index is 0.0112. The first-order valence-corrected chi connectivity index (χ1v) is 12.6. The number of hydrazine groups is 1. The molecule has 2 aromatic carbocycles. The normalized spacial score (nSPS) is 13.2. The second kappa shape index (κ2) is 11.2. The van der Waals surface area contributed by atoms with Crippen molar-refractivity contribution in [1.82, 2.24) is 24.8 Å². The quantitative estimate of drug-likeness (QED) is 0.432. The maximum Gasteiger partial charge on any atom is 0.419 e. The van der Waals surface area contributed by atoms with Crippen molar-refractivity contribution in [1.29, 1.82) is 0 Å². The molecule has 0 saturated carbocycles. The lowest BCUT2D eigenvalue weighted by Crippen LogP contribution is -2.49. The van der Waals surface area contributed by atoms with E-state index in [1.165, 1.54) is 15.7 Å². The molecule has 0 unspecified atom stereocenters. The van der Waals surface area contributed by atoms with Crippen LogP contribution in [0.3, 0.4) is 0 Å². The second-order valence-corrected chi connectivity index (χ2v) is 9.85. The molecule has 0 aliphatic carbocycles. The standard InChI is InChI=1S/C27H36N6O4/c1-18(2)28-10-11-32(17-26(35)31(5)33-15-20-8-6-7-9-21(20)16-33)25(34)14-29-22-13-24-23(12-19(22)3)30(4)27(36)37-24/h6-9,12-13,18,28-29H,10-11,14-17H2,1-5H3. The summed E-state index contributed by atoms with van der Waals surface area (Å²) in [5, 5.41) is 10.1. The number of amides is 2. The molecular formula is C27H36N6O4. The third-order valence-corrected chi connectivity index (χ3v) is 6.79. The van der Waals surface area contributed by atoms with E-state index in [0.29, 0.717) is 43.0 Å². The highest BCUT2D eigenvalue weighted by molar-refractivity contribution is 5.87. The van der Waals surface area contributed by atoms with Crippen molar-refractivity contribution in [2.75, 3.05) is 38.5 Å². The second-order valence-electron chi connectivity index (χ2n) is 9.85. The smallest absolute Gasteiger partial charge is 0.408 e. The summed E-state index contributed by atoms with van der Waals surface area (Å²) in [6, 6.07) is 12.0. The number of aromatic nitrogens is 1. The van der Waals surface area contributed by atoms with Crippen molar-refractivity contribution < 1.29 is 14.0 Å². The number of anilines is 1. The molecule has 2 heterocycles. The predicted molar refractivity (Wildman–Crippen MR) is 143 cm³/mol. The van der Waals surface area contributed by atoms with E-state index < -0.39 is 5.76 Å². The molecule has 4 rings (SSSR count). The number of likely N-dealkylation sites (N-methyl/N-ethyl adjacent to an activating group) is 1. The first kappa shape index (κ1) is 26.4.